The van der Waals surface area contributed by atoms with Gasteiger partial charge in [0.1, 0.15) is 12.2 Å². The first-order valence-corrected chi connectivity index (χ1v) is 9.05. The molecule has 0 bridgehead atoms. The van der Waals surface area contributed by atoms with E-state index in [1.807, 2.05) is 13.0 Å². The fraction of sp³-hybridized carbons (Fsp3) is 0.190. The summed E-state index contributed by atoms with van der Waals surface area (Å²) in [5, 5.41) is 15.3. The van der Waals surface area contributed by atoms with Crippen LogP contribution in [0.5, 0.6) is 11.5 Å². The average Bonchev–Trinajstić information content (AvgIpc) is 2.92. The zero-order valence-electron chi connectivity index (χ0n) is 16.1. The summed E-state index contributed by atoms with van der Waals surface area (Å²) in [6.07, 6.45) is 1.34. The van der Waals surface area contributed by atoms with Gasteiger partial charge in [0.2, 0.25) is 5.91 Å². The third kappa shape index (κ3) is 4.55. The van der Waals surface area contributed by atoms with Crippen molar-refractivity contribution in [3.8, 4) is 11.5 Å². The van der Waals surface area contributed by atoms with E-state index in [0.717, 1.165) is 10.5 Å². The molecule has 1 heterocycles. The topological polar surface area (TPSA) is 108 Å². The Morgan fingerprint density at radius 3 is 2.72 bits per heavy atom. The van der Waals surface area contributed by atoms with Crippen LogP contribution in [0.25, 0.3) is 6.08 Å². The van der Waals surface area contributed by atoms with Crippen molar-refractivity contribution in [3.63, 3.8) is 0 Å². The molecule has 0 radical (unpaired) electrons. The molecule has 1 saturated heterocycles. The average molecular weight is 395 g/mol. The lowest BCUT2D eigenvalue weighted by atomic mass is 10.1. The molecular formula is C21H21N3O5. The highest BCUT2D eigenvalue weighted by Gasteiger charge is 2.35. The number of aromatic hydroxyl groups is 1. The van der Waals surface area contributed by atoms with E-state index in [1.54, 1.807) is 43.3 Å². The number of amides is 4. The van der Waals surface area contributed by atoms with Crippen molar-refractivity contribution in [3.05, 3.63) is 59.3 Å². The molecule has 4 amide bonds. The highest BCUT2D eigenvalue weighted by Crippen LogP contribution is 2.31. The molecule has 0 atom stereocenters. The lowest BCUT2D eigenvalue weighted by molar-refractivity contribution is -0.127. The van der Waals surface area contributed by atoms with Crippen LogP contribution in [0.15, 0.2) is 48.2 Å². The van der Waals surface area contributed by atoms with Gasteiger partial charge in [-0.2, -0.15) is 0 Å². The van der Waals surface area contributed by atoms with Gasteiger partial charge in [-0.1, -0.05) is 24.3 Å². The molecule has 1 aliphatic rings. The van der Waals surface area contributed by atoms with Gasteiger partial charge in [0, 0.05) is 11.3 Å². The number of phenolic OH excluding ortho intramolecular Hbond substituents is 1. The zero-order valence-corrected chi connectivity index (χ0v) is 16.1. The number of hydrogen-bond donors (Lipinski definition) is 3. The molecule has 1 aliphatic heterocycles. The summed E-state index contributed by atoms with van der Waals surface area (Å²) in [5.74, 6) is -1.02. The Balaban J connectivity index is 1.73. The van der Waals surface area contributed by atoms with Crippen molar-refractivity contribution >= 4 is 29.6 Å². The Hall–Kier alpha value is -3.81. The molecule has 3 rings (SSSR count). The number of nitrogens with zero attached hydrogens (tertiary/aromatic N) is 1. The highest BCUT2D eigenvalue weighted by molar-refractivity contribution is 6.16. The van der Waals surface area contributed by atoms with E-state index in [4.69, 9.17) is 4.74 Å². The van der Waals surface area contributed by atoms with Gasteiger partial charge in [-0.3, -0.25) is 9.59 Å². The predicted molar refractivity (Wildman–Crippen MR) is 107 cm³/mol. The minimum atomic E-state index is -0.707. The number of anilines is 1. The molecule has 150 valence electrons. The number of aryl methyl sites for hydroxylation is 1. The Morgan fingerprint density at radius 1 is 1.24 bits per heavy atom. The third-order valence-electron chi connectivity index (χ3n) is 4.20. The molecule has 0 spiro atoms. The Labute approximate surface area is 167 Å². The molecule has 29 heavy (non-hydrogen) atoms. The largest absolute Gasteiger partial charge is 0.504 e. The molecule has 0 unspecified atom stereocenters. The summed E-state index contributed by atoms with van der Waals surface area (Å²) in [6.45, 7) is 3.61. The van der Waals surface area contributed by atoms with E-state index in [2.05, 4.69) is 10.6 Å². The number of hydrogen-bond acceptors (Lipinski definition) is 5. The number of ether oxygens (including phenoxy) is 1. The smallest absolute Gasteiger partial charge is 0.329 e. The van der Waals surface area contributed by atoms with Crippen LogP contribution in [-0.2, 0) is 9.59 Å². The molecule has 3 N–H and O–H groups in total. The number of carbonyl (C=O) groups excluding carboxylic acids is 3. The van der Waals surface area contributed by atoms with Crippen molar-refractivity contribution in [2.45, 2.75) is 13.8 Å². The molecule has 0 aliphatic carbocycles. The molecule has 0 saturated carbocycles. The summed E-state index contributed by atoms with van der Waals surface area (Å²) >= 11 is 0. The van der Waals surface area contributed by atoms with Crippen LogP contribution in [0.4, 0.5) is 10.5 Å². The lowest BCUT2D eigenvalue weighted by Crippen LogP contribution is -2.38. The van der Waals surface area contributed by atoms with E-state index in [0.29, 0.717) is 17.9 Å². The number of nitrogens with one attached hydrogen (secondary N) is 2. The van der Waals surface area contributed by atoms with Gasteiger partial charge in [0.15, 0.2) is 11.5 Å². The third-order valence-corrected chi connectivity index (χ3v) is 4.20. The number of para-hydroxylation sites is 1. The second kappa shape index (κ2) is 8.47. The number of urea groups is 1. The van der Waals surface area contributed by atoms with Gasteiger partial charge >= 0.3 is 6.03 Å². The highest BCUT2D eigenvalue weighted by atomic mass is 16.5. The van der Waals surface area contributed by atoms with Crippen LogP contribution >= 0.6 is 0 Å². The molecule has 0 aromatic heterocycles. The SMILES string of the molecule is CCOc1cccc(/C=C2\NC(=O)N(CC(=O)Nc3cccc(C)c3)C2=O)c1O. The monoisotopic (exact) mass is 395 g/mol. The molecule has 1 fully saturated rings. The molecule has 8 nitrogen and oxygen atoms in total. The minimum absolute atomic E-state index is 0.0395. The van der Waals surface area contributed by atoms with Gasteiger partial charge in [0.25, 0.3) is 5.91 Å². The van der Waals surface area contributed by atoms with Crippen LogP contribution in [0.3, 0.4) is 0 Å². The molecular weight excluding hydrogens is 374 g/mol. The number of imide groups is 1. The van der Waals surface area contributed by atoms with Gasteiger partial charge < -0.3 is 20.5 Å². The first-order valence-electron chi connectivity index (χ1n) is 9.05. The molecule has 2 aromatic rings. The first kappa shape index (κ1) is 19.9. The van der Waals surface area contributed by atoms with Crippen LogP contribution in [0.2, 0.25) is 0 Å². The van der Waals surface area contributed by atoms with Crippen LogP contribution < -0.4 is 15.4 Å². The van der Waals surface area contributed by atoms with Gasteiger partial charge in [0.05, 0.1) is 6.61 Å². The van der Waals surface area contributed by atoms with Gasteiger partial charge in [-0.25, -0.2) is 9.69 Å². The van der Waals surface area contributed by atoms with E-state index in [1.165, 1.54) is 6.08 Å². The first-order chi connectivity index (χ1) is 13.9. The maximum atomic E-state index is 12.6. The minimum Gasteiger partial charge on any atom is -0.504 e. The van der Waals surface area contributed by atoms with E-state index in [-0.39, 0.29) is 17.2 Å². The van der Waals surface area contributed by atoms with Crippen LogP contribution in [0.1, 0.15) is 18.1 Å². The summed E-state index contributed by atoms with van der Waals surface area (Å²) in [7, 11) is 0. The van der Waals surface area contributed by atoms with Crippen LogP contribution in [-0.4, -0.2) is 41.0 Å². The van der Waals surface area contributed by atoms with E-state index < -0.39 is 24.4 Å². The predicted octanol–water partition coefficient (Wildman–Crippen LogP) is 2.63. The number of rotatable bonds is 6. The molecule has 8 heteroatoms. The maximum absolute atomic E-state index is 12.6. The standard InChI is InChI=1S/C21H21N3O5/c1-3-29-17-9-5-7-14(19(17)26)11-16-20(27)24(21(28)23-16)12-18(25)22-15-8-4-6-13(2)10-15/h4-11,26H,3,12H2,1-2H3,(H,22,25)(H,23,28)/b16-11-. The normalized spacial score (nSPS) is 14.8. The van der Waals surface area contributed by atoms with E-state index >= 15 is 0 Å². The Morgan fingerprint density at radius 2 is 2.00 bits per heavy atom. The fourth-order valence-electron chi connectivity index (χ4n) is 2.87. The van der Waals surface area contributed by atoms with E-state index in [9.17, 15) is 19.5 Å². The maximum Gasteiger partial charge on any atom is 0.329 e. The fourth-order valence-corrected chi connectivity index (χ4v) is 2.87. The number of benzene rings is 2. The summed E-state index contributed by atoms with van der Waals surface area (Å²) in [5.41, 5.74) is 1.82. The zero-order chi connectivity index (χ0) is 21.0. The second-order valence-corrected chi connectivity index (χ2v) is 6.42. The summed E-state index contributed by atoms with van der Waals surface area (Å²) in [6, 6.07) is 11.3. The molecule has 2 aromatic carbocycles. The van der Waals surface area contributed by atoms with Crippen LogP contribution in [0, 0.1) is 6.92 Å². The summed E-state index contributed by atoms with van der Waals surface area (Å²) in [4.78, 5) is 37.8. The summed E-state index contributed by atoms with van der Waals surface area (Å²) < 4.78 is 5.31. The second-order valence-electron chi connectivity index (χ2n) is 6.42. The Kier molecular flexibility index (Phi) is 5.82. The van der Waals surface area contributed by atoms with Gasteiger partial charge in [-0.15, -0.1) is 0 Å². The quantitative estimate of drug-likeness (QED) is 0.515. The lowest BCUT2D eigenvalue weighted by Gasteiger charge is -2.12. The van der Waals surface area contributed by atoms with Crippen molar-refractivity contribution in [1.29, 1.82) is 0 Å². The van der Waals surface area contributed by atoms with Crippen molar-refractivity contribution < 1.29 is 24.2 Å². The van der Waals surface area contributed by atoms with Crippen molar-refractivity contribution in [2.24, 2.45) is 0 Å². The van der Waals surface area contributed by atoms with Gasteiger partial charge in [-0.05, 0) is 43.7 Å². The number of carbonyl (C=O) groups is 3. The number of phenols is 1. The van der Waals surface area contributed by atoms with Crippen molar-refractivity contribution in [1.82, 2.24) is 10.2 Å². The van der Waals surface area contributed by atoms with Crippen molar-refractivity contribution in [2.75, 3.05) is 18.5 Å². The Bertz CT molecular complexity index is 1000.